The van der Waals surface area contributed by atoms with Gasteiger partial charge in [0.15, 0.2) is 0 Å². The molecular weight excluding hydrogens is 166 g/mol. The Kier molecular flexibility index (Phi) is 4.22. The lowest BCUT2D eigenvalue weighted by Gasteiger charge is -2.31. The summed E-state index contributed by atoms with van der Waals surface area (Å²) in [6.07, 6.45) is 4.40. The average molecular weight is 185 g/mol. The van der Waals surface area contributed by atoms with E-state index < -0.39 is 0 Å². The van der Waals surface area contributed by atoms with E-state index in [0.29, 0.717) is 12.5 Å². The van der Waals surface area contributed by atoms with Crippen LogP contribution in [0.15, 0.2) is 0 Å². The molecule has 0 bridgehead atoms. The fourth-order valence-electron chi connectivity index (χ4n) is 1.81. The van der Waals surface area contributed by atoms with Crippen molar-refractivity contribution in [1.82, 2.24) is 4.90 Å². The molecule has 0 unspecified atom stereocenters. The molecule has 0 radical (unpaired) electrons. The smallest absolute Gasteiger partial charge is 0.307 e. The fourth-order valence-corrected chi connectivity index (χ4v) is 1.81. The zero-order valence-electron chi connectivity index (χ0n) is 8.58. The van der Waals surface area contributed by atoms with Crippen molar-refractivity contribution >= 4 is 5.97 Å². The molecule has 1 aliphatic heterocycles. The van der Waals surface area contributed by atoms with Crippen molar-refractivity contribution in [2.75, 3.05) is 20.2 Å². The lowest BCUT2D eigenvalue weighted by atomic mass is 10.1. The summed E-state index contributed by atoms with van der Waals surface area (Å²) in [6, 6.07) is 0.341. The second-order valence-corrected chi connectivity index (χ2v) is 3.73. The first-order chi connectivity index (χ1) is 6.24. The van der Waals surface area contributed by atoms with Gasteiger partial charge in [-0.15, -0.1) is 0 Å². The maximum Gasteiger partial charge on any atom is 0.307 e. The van der Waals surface area contributed by atoms with Gasteiger partial charge in [0.1, 0.15) is 0 Å². The highest BCUT2D eigenvalue weighted by Crippen LogP contribution is 2.13. The molecule has 1 saturated heterocycles. The quantitative estimate of drug-likeness (QED) is 0.623. The van der Waals surface area contributed by atoms with E-state index in [1.54, 1.807) is 0 Å². The molecule has 0 spiro atoms. The Balaban J connectivity index is 2.28. The molecule has 0 aromatic carbocycles. The minimum Gasteiger partial charge on any atom is -0.469 e. The van der Waals surface area contributed by atoms with E-state index in [1.807, 2.05) is 0 Å². The second-order valence-electron chi connectivity index (χ2n) is 3.73. The van der Waals surface area contributed by atoms with Crippen LogP contribution in [-0.2, 0) is 9.53 Å². The Hall–Kier alpha value is -0.570. The molecule has 13 heavy (non-hydrogen) atoms. The summed E-state index contributed by atoms with van der Waals surface area (Å²) >= 11 is 0. The molecule has 3 heteroatoms. The van der Waals surface area contributed by atoms with E-state index in [4.69, 9.17) is 0 Å². The molecule has 0 N–H and O–H groups in total. The average Bonchev–Trinajstić information content (AvgIpc) is 2.19. The van der Waals surface area contributed by atoms with Gasteiger partial charge in [-0.25, -0.2) is 0 Å². The van der Waals surface area contributed by atoms with Crippen molar-refractivity contribution in [3.8, 4) is 0 Å². The molecule has 1 heterocycles. The standard InChI is InChI=1S/C10H19NO2/c1-9(8-10(12)13-2)11-6-4-3-5-7-11/h9H,3-8H2,1-2H3/t9-/m0/s1. The number of methoxy groups -OCH3 is 1. The van der Waals surface area contributed by atoms with Crippen LogP contribution in [0.3, 0.4) is 0 Å². The Bertz CT molecular complexity index is 164. The van der Waals surface area contributed by atoms with E-state index in [9.17, 15) is 4.79 Å². The number of rotatable bonds is 3. The summed E-state index contributed by atoms with van der Waals surface area (Å²) in [5.41, 5.74) is 0. The maximum absolute atomic E-state index is 11.0. The first kappa shape index (κ1) is 10.5. The molecule has 1 aliphatic rings. The Labute approximate surface area is 80.1 Å². The van der Waals surface area contributed by atoms with Crippen LogP contribution >= 0.6 is 0 Å². The molecule has 0 aromatic rings. The summed E-state index contributed by atoms with van der Waals surface area (Å²) in [5.74, 6) is -0.0990. The first-order valence-corrected chi connectivity index (χ1v) is 5.05. The molecule has 0 aliphatic carbocycles. The van der Waals surface area contributed by atoms with Crippen LogP contribution in [-0.4, -0.2) is 37.1 Å². The highest BCUT2D eigenvalue weighted by Gasteiger charge is 2.19. The number of likely N-dealkylation sites (tertiary alicyclic amines) is 1. The van der Waals surface area contributed by atoms with Crippen LogP contribution in [0.25, 0.3) is 0 Å². The molecule has 0 saturated carbocycles. The van der Waals surface area contributed by atoms with Gasteiger partial charge in [0.2, 0.25) is 0 Å². The van der Waals surface area contributed by atoms with Gasteiger partial charge in [-0.3, -0.25) is 4.79 Å². The van der Waals surface area contributed by atoms with Crippen molar-refractivity contribution in [2.24, 2.45) is 0 Å². The maximum atomic E-state index is 11.0. The Morgan fingerprint density at radius 2 is 2.00 bits per heavy atom. The highest BCUT2D eigenvalue weighted by molar-refractivity contribution is 5.69. The molecular formula is C10H19NO2. The minimum absolute atomic E-state index is 0.0990. The van der Waals surface area contributed by atoms with Crippen LogP contribution in [0, 0.1) is 0 Å². The summed E-state index contributed by atoms with van der Waals surface area (Å²) in [5, 5.41) is 0. The third kappa shape index (κ3) is 3.35. The van der Waals surface area contributed by atoms with Crippen molar-refractivity contribution in [2.45, 2.75) is 38.6 Å². The number of hydrogen-bond donors (Lipinski definition) is 0. The summed E-state index contributed by atoms with van der Waals surface area (Å²) < 4.78 is 4.65. The van der Waals surface area contributed by atoms with Crippen LogP contribution in [0.1, 0.15) is 32.6 Å². The van der Waals surface area contributed by atoms with Crippen molar-refractivity contribution in [3.63, 3.8) is 0 Å². The van der Waals surface area contributed by atoms with E-state index in [1.165, 1.54) is 26.4 Å². The lowest BCUT2D eigenvalue weighted by Crippen LogP contribution is -2.38. The van der Waals surface area contributed by atoms with Crippen molar-refractivity contribution < 1.29 is 9.53 Å². The topological polar surface area (TPSA) is 29.5 Å². The number of carbonyl (C=O) groups is 1. The summed E-state index contributed by atoms with van der Waals surface area (Å²) in [4.78, 5) is 13.4. The third-order valence-electron chi connectivity index (χ3n) is 2.70. The van der Waals surface area contributed by atoms with E-state index >= 15 is 0 Å². The van der Waals surface area contributed by atoms with Gasteiger partial charge >= 0.3 is 5.97 Å². The third-order valence-corrected chi connectivity index (χ3v) is 2.70. The molecule has 0 amide bonds. The minimum atomic E-state index is -0.0990. The van der Waals surface area contributed by atoms with E-state index in [-0.39, 0.29) is 5.97 Å². The Morgan fingerprint density at radius 3 is 2.54 bits per heavy atom. The van der Waals surface area contributed by atoms with Gasteiger partial charge in [0.05, 0.1) is 13.5 Å². The van der Waals surface area contributed by atoms with Crippen LogP contribution in [0.5, 0.6) is 0 Å². The van der Waals surface area contributed by atoms with Crippen LogP contribution in [0.2, 0.25) is 0 Å². The largest absolute Gasteiger partial charge is 0.469 e. The van der Waals surface area contributed by atoms with Gasteiger partial charge in [-0.05, 0) is 32.9 Å². The number of carbonyl (C=O) groups excluding carboxylic acids is 1. The van der Waals surface area contributed by atoms with Crippen LogP contribution < -0.4 is 0 Å². The Morgan fingerprint density at radius 1 is 1.38 bits per heavy atom. The number of esters is 1. The zero-order chi connectivity index (χ0) is 9.68. The molecule has 76 valence electrons. The number of piperidine rings is 1. The number of ether oxygens (including phenoxy) is 1. The van der Waals surface area contributed by atoms with Gasteiger partial charge in [0.25, 0.3) is 0 Å². The second kappa shape index (κ2) is 5.22. The fraction of sp³-hybridized carbons (Fsp3) is 0.900. The monoisotopic (exact) mass is 185 g/mol. The highest BCUT2D eigenvalue weighted by atomic mass is 16.5. The lowest BCUT2D eigenvalue weighted by molar-refractivity contribution is -0.142. The SMILES string of the molecule is COC(=O)C[C@H](C)N1CCCCC1. The van der Waals surface area contributed by atoms with E-state index in [2.05, 4.69) is 16.6 Å². The number of nitrogens with zero attached hydrogens (tertiary/aromatic N) is 1. The molecule has 1 rings (SSSR count). The normalized spacial score (nSPS) is 21.1. The predicted octanol–water partition coefficient (Wildman–Crippen LogP) is 1.42. The van der Waals surface area contributed by atoms with E-state index in [0.717, 1.165) is 13.1 Å². The molecule has 1 fully saturated rings. The van der Waals surface area contributed by atoms with Gasteiger partial charge in [0, 0.05) is 6.04 Å². The summed E-state index contributed by atoms with van der Waals surface area (Å²) in [7, 11) is 1.45. The number of hydrogen-bond acceptors (Lipinski definition) is 3. The molecule has 0 aromatic heterocycles. The van der Waals surface area contributed by atoms with Crippen molar-refractivity contribution in [3.05, 3.63) is 0 Å². The zero-order valence-corrected chi connectivity index (χ0v) is 8.58. The van der Waals surface area contributed by atoms with Crippen molar-refractivity contribution in [1.29, 1.82) is 0 Å². The van der Waals surface area contributed by atoms with Gasteiger partial charge in [-0.2, -0.15) is 0 Å². The van der Waals surface area contributed by atoms with Gasteiger partial charge in [-0.1, -0.05) is 6.42 Å². The molecule has 1 atom stereocenters. The van der Waals surface area contributed by atoms with Crippen LogP contribution in [0.4, 0.5) is 0 Å². The first-order valence-electron chi connectivity index (χ1n) is 5.05. The summed E-state index contributed by atoms with van der Waals surface area (Å²) in [6.45, 7) is 4.37. The predicted molar refractivity (Wildman–Crippen MR) is 51.5 cm³/mol. The van der Waals surface area contributed by atoms with Gasteiger partial charge < -0.3 is 9.64 Å². The molecule has 3 nitrogen and oxygen atoms in total.